The average Bonchev–Trinajstić information content (AvgIpc) is 2.96. The number of furan rings is 1. The van der Waals surface area contributed by atoms with E-state index in [2.05, 4.69) is 5.32 Å². The second-order valence-corrected chi connectivity index (χ2v) is 4.77. The molecule has 116 valence electrons. The van der Waals surface area contributed by atoms with Crippen LogP contribution in [-0.4, -0.2) is 5.91 Å². The molecule has 2 rings (SSSR count). The molecule has 0 aliphatic carbocycles. The van der Waals surface area contributed by atoms with Crippen LogP contribution in [0.1, 0.15) is 16.9 Å². The van der Waals surface area contributed by atoms with E-state index in [0.29, 0.717) is 5.76 Å². The zero-order chi connectivity index (χ0) is 16.2. The zero-order valence-corrected chi connectivity index (χ0v) is 11.9. The number of carbonyl (C=O) groups is 1. The van der Waals surface area contributed by atoms with Crippen LogP contribution in [0, 0.1) is 0 Å². The minimum absolute atomic E-state index is 0.115. The van der Waals surface area contributed by atoms with Crippen LogP contribution in [0.4, 0.5) is 13.2 Å². The predicted octanol–water partition coefficient (Wildman–Crippen LogP) is 4.28. The molecule has 1 aromatic heterocycles. The molecular weight excluding hydrogens is 319 g/mol. The van der Waals surface area contributed by atoms with E-state index in [0.717, 1.165) is 24.3 Å². The van der Waals surface area contributed by atoms with E-state index < -0.39 is 17.6 Å². The van der Waals surface area contributed by atoms with Crippen molar-refractivity contribution in [2.45, 2.75) is 12.7 Å². The summed E-state index contributed by atoms with van der Waals surface area (Å²) >= 11 is 5.82. The molecule has 1 aromatic carbocycles. The van der Waals surface area contributed by atoms with Crippen LogP contribution in [-0.2, 0) is 17.5 Å². The van der Waals surface area contributed by atoms with Crippen LogP contribution in [0.5, 0.6) is 0 Å². The number of hydrogen-bond acceptors (Lipinski definition) is 2. The fourth-order valence-corrected chi connectivity index (χ4v) is 1.84. The van der Waals surface area contributed by atoms with Gasteiger partial charge in [0.25, 0.3) is 0 Å². The Balaban J connectivity index is 2.04. The fraction of sp³-hybridized carbons (Fsp3) is 0.133. The van der Waals surface area contributed by atoms with Gasteiger partial charge in [-0.05, 0) is 42.0 Å². The van der Waals surface area contributed by atoms with E-state index in [4.69, 9.17) is 16.0 Å². The molecule has 0 bridgehead atoms. The van der Waals surface area contributed by atoms with Crippen molar-refractivity contribution in [2.24, 2.45) is 0 Å². The highest BCUT2D eigenvalue weighted by Crippen LogP contribution is 2.32. The summed E-state index contributed by atoms with van der Waals surface area (Å²) in [6, 6.07) is 6.29. The topological polar surface area (TPSA) is 42.2 Å². The van der Waals surface area contributed by atoms with Gasteiger partial charge in [0.15, 0.2) is 0 Å². The molecule has 0 saturated carbocycles. The van der Waals surface area contributed by atoms with Crippen molar-refractivity contribution in [2.75, 3.05) is 0 Å². The molecule has 1 N–H and O–H groups in total. The maximum atomic E-state index is 12.6. The summed E-state index contributed by atoms with van der Waals surface area (Å²) in [5, 5.41) is 2.66. The van der Waals surface area contributed by atoms with Gasteiger partial charge in [-0.3, -0.25) is 4.79 Å². The van der Waals surface area contributed by atoms with Crippen LogP contribution in [0.25, 0.3) is 6.08 Å². The lowest BCUT2D eigenvalue weighted by Gasteiger charge is -2.08. The smallest absolute Gasteiger partial charge is 0.416 e. The van der Waals surface area contributed by atoms with Gasteiger partial charge in [-0.1, -0.05) is 11.6 Å². The minimum atomic E-state index is -4.46. The van der Waals surface area contributed by atoms with Crippen molar-refractivity contribution in [3.8, 4) is 0 Å². The first-order chi connectivity index (χ1) is 10.4. The number of carbonyl (C=O) groups excluding carboxylic acids is 1. The monoisotopic (exact) mass is 329 g/mol. The number of benzene rings is 1. The maximum Gasteiger partial charge on any atom is 0.416 e. The second-order valence-electron chi connectivity index (χ2n) is 4.36. The third-order valence-electron chi connectivity index (χ3n) is 2.75. The van der Waals surface area contributed by atoms with Crippen LogP contribution in [0.15, 0.2) is 47.1 Å². The maximum absolute atomic E-state index is 12.6. The van der Waals surface area contributed by atoms with E-state index in [1.807, 2.05) is 0 Å². The van der Waals surface area contributed by atoms with E-state index in [1.165, 1.54) is 12.3 Å². The number of nitrogens with one attached hydrogen (secondary N) is 1. The fourth-order valence-electron chi connectivity index (χ4n) is 1.66. The average molecular weight is 330 g/mol. The summed E-state index contributed by atoms with van der Waals surface area (Å²) < 4.78 is 42.9. The molecule has 0 spiro atoms. The van der Waals surface area contributed by atoms with Gasteiger partial charge in [-0.2, -0.15) is 13.2 Å². The van der Waals surface area contributed by atoms with Gasteiger partial charge >= 0.3 is 6.18 Å². The molecule has 0 aliphatic rings. The van der Waals surface area contributed by atoms with Gasteiger partial charge in [-0.25, -0.2) is 0 Å². The number of alkyl halides is 3. The summed E-state index contributed by atoms with van der Waals surface area (Å²) in [5.41, 5.74) is -0.711. The quantitative estimate of drug-likeness (QED) is 0.851. The van der Waals surface area contributed by atoms with E-state index in [9.17, 15) is 18.0 Å². The summed E-state index contributed by atoms with van der Waals surface area (Å²) in [4.78, 5) is 11.6. The van der Waals surface area contributed by atoms with Gasteiger partial charge in [0.05, 0.1) is 18.4 Å². The van der Waals surface area contributed by atoms with Gasteiger partial charge in [0.2, 0.25) is 5.91 Å². The predicted molar refractivity (Wildman–Crippen MR) is 76.0 cm³/mol. The first kappa shape index (κ1) is 16.2. The highest BCUT2D eigenvalue weighted by Gasteiger charge is 2.30. The molecule has 0 radical (unpaired) electrons. The largest absolute Gasteiger partial charge is 0.467 e. The molecule has 0 atom stereocenters. The molecule has 7 heteroatoms. The van der Waals surface area contributed by atoms with Crippen molar-refractivity contribution in [1.82, 2.24) is 5.32 Å². The molecule has 22 heavy (non-hydrogen) atoms. The zero-order valence-electron chi connectivity index (χ0n) is 11.2. The summed E-state index contributed by atoms with van der Waals surface area (Å²) in [5.74, 6) is 0.101. The van der Waals surface area contributed by atoms with Crippen LogP contribution < -0.4 is 5.32 Å². The first-order valence-electron chi connectivity index (χ1n) is 6.21. The highest BCUT2D eigenvalue weighted by molar-refractivity contribution is 6.32. The van der Waals surface area contributed by atoms with Crippen LogP contribution in [0.2, 0.25) is 5.02 Å². The van der Waals surface area contributed by atoms with Crippen LogP contribution in [0.3, 0.4) is 0 Å². The molecule has 3 nitrogen and oxygen atoms in total. The third kappa shape index (κ3) is 4.39. The molecule has 0 unspecified atom stereocenters. The molecular formula is C15H11ClF3NO2. The van der Waals surface area contributed by atoms with Crippen molar-refractivity contribution in [3.63, 3.8) is 0 Å². The Hall–Kier alpha value is -2.21. The molecule has 0 aliphatic heterocycles. The lowest BCUT2D eigenvalue weighted by atomic mass is 10.1. The van der Waals surface area contributed by atoms with Crippen molar-refractivity contribution >= 4 is 23.6 Å². The number of amides is 1. The number of hydrogen-bond donors (Lipinski definition) is 1. The SMILES string of the molecule is O=C(/C=C/c1cc(C(F)(F)F)ccc1Cl)NCc1ccco1. The lowest BCUT2D eigenvalue weighted by molar-refractivity contribution is -0.137. The van der Waals surface area contributed by atoms with E-state index in [1.54, 1.807) is 12.1 Å². The summed E-state index contributed by atoms with van der Waals surface area (Å²) in [6.07, 6.45) is -0.645. The normalized spacial score (nSPS) is 11.8. The highest BCUT2D eigenvalue weighted by atomic mass is 35.5. The van der Waals surface area contributed by atoms with Gasteiger partial charge in [-0.15, -0.1) is 0 Å². The summed E-state index contributed by atoms with van der Waals surface area (Å²) in [6.45, 7) is 0.187. The Kier molecular flexibility index (Phi) is 4.92. The third-order valence-corrected chi connectivity index (χ3v) is 3.10. The van der Waals surface area contributed by atoms with E-state index in [-0.39, 0.29) is 17.1 Å². The Labute approximate surface area is 129 Å². The first-order valence-corrected chi connectivity index (χ1v) is 6.59. The molecule has 2 aromatic rings. The molecule has 0 saturated heterocycles. The Morgan fingerprint density at radius 3 is 2.73 bits per heavy atom. The minimum Gasteiger partial charge on any atom is -0.467 e. The standard InChI is InChI=1S/C15H11ClF3NO2/c16-13-5-4-11(15(17,18)19)8-10(13)3-6-14(21)20-9-12-2-1-7-22-12/h1-8H,9H2,(H,20,21)/b6-3+. The van der Waals surface area contributed by atoms with Crippen molar-refractivity contribution < 1.29 is 22.4 Å². The number of rotatable bonds is 4. The molecule has 1 heterocycles. The van der Waals surface area contributed by atoms with E-state index >= 15 is 0 Å². The number of halogens is 4. The van der Waals surface area contributed by atoms with Gasteiger partial charge < -0.3 is 9.73 Å². The van der Waals surface area contributed by atoms with Gasteiger partial charge in [0, 0.05) is 11.1 Å². The van der Waals surface area contributed by atoms with Crippen molar-refractivity contribution in [3.05, 3.63) is 64.6 Å². The van der Waals surface area contributed by atoms with Gasteiger partial charge in [0.1, 0.15) is 5.76 Å². The van der Waals surface area contributed by atoms with Crippen molar-refractivity contribution in [1.29, 1.82) is 0 Å². The second kappa shape index (κ2) is 6.70. The lowest BCUT2D eigenvalue weighted by Crippen LogP contribution is -2.19. The summed E-state index contributed by atoms with van der Waals surface area (Å²) in [7, 11) is 0. The Morgan fingerprint density at radius 1 is 1.32 bits per heavy atom. The Morgan fingerprint density at radius 2 is 2.09 bits per heavy atom. The molecule has 0 fully saturated rings. The van der Waals surface area contributed by atoms with Crippen LogP contribution >= 0.6 is 11.6 Å². The molecule has 1 amide bonds. The Bertz CT molecular complexity index is 679.